The van der Waals surface area contributed by atoms with Crippen molar-refractivity contribution >= 4 is 0 Å². The van der Waals surface area contributed by atoms with E-state index in [0.717, 1.165) is 38.5 Å². The Morgan fingerprint density at radius 2 is 1.86 bits per heavy atom. The van der Waals surface area contributed by atoms with Gasteiger partial charge in [-0.25, -0.2) is 0 Å². The summed E-state index contributed by atoms with van der Waals surface area (Å²) in [7, 11) is 1.29. The minimum absolute atomic E-state index is 0.0577. The smallest absolute Gasteiger partial charge is 0.378 e. The fourth-order valence-corrected chi connectivity index (χ4v) is 8.00. The molecule has 162 valence electrons. The van der Waals surface area contributed by atoms with Crippen molar-refractivity contribution in [1.82, 2.24) is 0 Å². The van der Waals surface area contributed by atoms with Crippen LogP contribution < -0.4 is 0 Å². The van der Waals surface area contributed by atoms with Crippen LogP contribution in [0.4, 0.5) is 13.2 Å². The second-order valence-electron chi connectivity index (χ2n) is 10.5. The van der Waals surface area contributed by atoms with Gasteiger partial charge in [-0.15, -0.1) is 0 Å². The van der Waals surface area contributed by atoms with Crippen molar-refractivity contribution in [1.29, 1.82) is 5.26 Å². The van der Waals surface area contributed by atoms with Crippen LogP contribution in [0.3, 0.4) is 0 Å². The highest BCUT2D eigenvalue weighted by molar-refractivity contribution is 5.28. The van der Waals surface area contributed by atoms with Crippen LogP contribution in [0, 0.1) is 45.8 Å². The highest BCUT2D eigenvalue weighted by atomic mass is 19.4. The molecule has 0 amide bonds. The number of methoxy groups -OCH3 is 1. The number of aliphatic hydroxyl groups is 1. The molecular formula is C23H32F3NO2. The van der Waals surface area contributed by atoms with Gasteiger partial charge in [0.1, 0.15) is 0 Å². The Balaban J connectivity index is 1.65. The third kappa shape index (κ3) is 2.83. The molecule has 4 rings (SSSR count). The number of alkyl halides is 3. The van der Waals surface area contributed by atoms with E-state index < -0.39 is 17.9 Å². The number of allylic oxidation sites excluding steroid dienone is 2. The zero-order chi connectivity index (χ0) is 21.2. The minimum Gasteiger partial charge on any atom is -0.378 e. The lowest BCUT2D eigenvalue weighted by molar-refractivity contribution is -0.325. The molecule has 0 heterocycles. The van der Waals surface area contributed by atoms with Crippen molar-refractivity contribution in [3.63, 3.8) is 0 Å². The molecule has 0 aromatic carbocycles. The largest absolute Gasteiger partial charge is 0.419 e. The zero-order valence-corrected chi connectivity index (χ0v) is 17.6. The summed E-state index contributed by atoms with van der Waals surface area (Å²) in [4.78, 5) is 0. The summed E-state index contributed by atoms with van der Waals surface area (Å²) in [6.45, 7) is 4.44. The van der Waals surface area contributed by atoms with Gasteiger partial charge in [-0.05, 0) is 85.9 Å². The lowest BCUT2D eigenvalue weighted by atomic mass is 9.43. The van der Waals surface area contributed by atoms with Crippen molar-refractivity contribution in [3.05, 3.63) is 11.6 Å². The first-order valence-corrected chi connectivity index (χ1v) is 10.9. The van der Waals surface area contributed by atoms with Crippen LogP contribution in [0.5, 0.6) is 0 Å². The lowest BCUT2D eigenvalue weighted by Crippen LogP contribution is -2.65. The Hall–Kier alpha value is -1.06. The molecule has 0 unspecified atom stereocenters. The van der Waals surface area contributed by atoms with E-state index in [1.54, 1.807) is 6.08 Å². The van der Waals surface area contributed by atoms with Gasteiger partial charge in [0.25, 0.3) is 0 Å². The van der Waals surface area contributed by atoms with Crippen LogP contribution in [-0.2, 0) is 4.74 Å². The molecule has 1 N–H and O–H groups in total. The van der Waals surface area contributed by atoms with Crippen molar-refractivity contribution in [2.75, 3.05) is 7.11 Å². The normalized spacial score (nSPS) is 51.1. The molecule has 0 spiro atoms. The number of hydrogen-bond donors (Lipinski definition) is 1. The van der Waals surface area contributed by atoms with Gasteiger partial charge in [-0.1, -0.05) is 19.4 Å². The maximum atomic E-state index is 13.8. The fourth-order valence-electron chi connectivity index (χ4n) is 8.00. The standard InChI is InChI=1S/C23H32F3NO2/c1-20-10-8-18-16(17(20)7-5-14(20)9-11-27)6-4-15-12-22(28,23(24,25)26)19(29-3)13-21(15,18)2/h9,15-19,28H,4-8,10,12-13H2,1-3H3/b14-9-/t15-,16+,17+,18+,19+,20-,21+,22+/m1/s1. The van der Waals surface area contributed by atoms with Gasteiger partial charge < -0.3 is 9.84 Å². The second kappa shape index (κ2) is 6.72. The van der Waals surface area contributed by atoms with Gasteiger partial charge in [0.15, 0.2) is 5.60 Å². The van der Waals surface area contributed by atoms with E-state index in [1.165, 1.54) is 12.7 Å². The summed E-state index contributed by atoms with van der Waals surface area (Å²) < 4.78 is 46.5. The predicted octanol–water partition coefficient (Wildman–Crippen LogP) is 5.40. The van der Waals surface area contributed by atoms with Crippen LogP contribution >= 0.6 is 0 Å². The summed E-state index contributed by atoms with van der Waals surface area (Å²) in [5.41, 5.74) is -1.68. The molecule has 0 aromatic rings. The summed E-state index contributed by atoms with van der Waals surface area (Å²) in [5, 5.41) is 19.8. The summed E-state index contributed by atoms with van der Waals surface area (Å²) >= 11 is 0. The Kier molecular flexibility index (Phi) is 4.91. The van der Waals surface area contributed by atoms with E-state index in [1.807, 2.05) is 0 Å². The zero-order valence-electron chi connectivity index (χ0n) is 17.6. The molecule has 4 aliphatic rings. The van der Waals surface area contributed by atoms with Gasteiger partial charge in [-0.3, -0.25) is 0 Å². The average Bonchev–Trinajstić information content (AvgIpc) is 2.98. The SMILES string of the molecule is CO[C@H]1C[C@@]2(C)[C@H](CC[C@@H]3[C@@H]2CC[C@]2(C)/C(=C\C#N)CC[C@@H]32)C[C@@]1(O)C(F)(F)F. The molecule has 4 aliphatic carbocycles. The van der Waals surface area contributed by atoms with Crippen molar-refractivity contribution in [3.8, 4) is 6.07 Å². The molecule has 29 heavy (non-hydrogen) atoms. The van der Waals surface area contributed by atoms with Gasteiger partial charge in [0.05, 0.1) is 12.2 Å². The van der Waals surface area contributed by atoms with Crippen LogP contribution in [0.1, 0.15) is 65.2 Å². The Labute approximate surface area is 171 Å². The highest BCUT2D eigenvalue weighted by Crippen LogP contribution is 2.68. The second-order valence-corrected chi connectivity index (χ2v) is 10.5. The first kappa shape index (κ1) is 21.2. The first-order valence-electron chi connectivity index (χ1n) is 10.9. The first-order chi connectivity index (χ1) is 13.5. The molecule has 0 radical (unpaired) electrons. The molecule has 4 saturated carbocycles. The molecule has 0 aliphatic heterocycles. The Morgan fingerprint density at radius 3 is 2.48 bits per heavy atom. The summed E-state index contributed by atoms with van der Waals surface area (Å²) in [6.07, 6.45) is 1.52. The van der Waals surface area contributed by atoms with E-state index >= 15 is 0 Å². The lowest BCUT2D eigenvalue weighted by Gasteiger charge is -2.62. The van der Waals surface area contributed by atoms with Gasteiger partial charge in [0, 0.05) is 13.2 Å². The number of fused-ring (bicyclic) bond motifs is 5. The van der Waals surface area contributed by atoms with Crippen LogP contribution in [0.25, 0.3) is 0 Å². The van der Waals surface area contributed by atoms with Crippen LogP contribution in [-0.4, -0.2) is 30.1 Å². The average molecular weight is 412 g/mol. The number of hydrogen-bond acceptors (Lipinski definition) is 3. The molecule has 6 heteroatoms. The number of halogens is 3. The van der Waals surface area contributed by atoms with Crippen LogP contribution in [0.2, 0.25) is 0 Å². The van der Waals surface area contributed by atoms with E-state index in [-0.39, 0.29) is 29.6 Å². The van der Waals surface area contributed by atoms with E-state index in [9.17, 15) is 23.5 Å². The van der Waals surface area contributed by atoms with E-state index in [0.29, 0.717) is 17.8 Å². The number of nitriles is 1. The Morgan fingerprint density at radius 1 is 1.14 bits per heavy atom. The summed E-state index contributed by atoms with van der Waals surface area (Å²) in [6, 6.07) is 2.22. The number of ether oxygens (including phenoxy) is 1. The van der Waals surface area contributed by atoms with Crippen molar-refractivity contribution in [2.24, 2.45) is 34.5 Å². The van der Waals surface area contributed by atoms with Crippen molar-refractivity contribution < 1.29 is 23.0 Å². The maximum absolute atomic E-state index is 13.8. The van der Waals surface area contributed by atoms with E-state index in [4.69, 9.17) is 4.74 Å². The predicted molar refractivity (Wildman–Crippen MR) is 103 cm³/mol. The number of rotatable bonds is 1. The molecule has 4 fully saturated rings. The molecule has 0 saturated heterocycles. The highest BCUT2D eigenvalue weighted by Gasteiger charge is 2.68. The minimum atomic E-state index is -4.68. The monoisotopic (exact) mass is 411 g/mol. The fraction of sp³-hybridized carbons (Fsp3) is 0.870. The molecule has 0 aromatic heterocycles. The van der Waals surface area contributed by atoms with Gasteiger partial charge in [0.2, 0.25) is 0 Å². The topological polar surface area (TPSA) is 53.2 Å². The van der Waals surface area contributed by atoms with Crippen LogP contribution in [0.15, 0.2) is 11.6 Å². The van der Waals surface area contributed by atoms with E-state index in [2.05, 4.69) is 19.9 Å². The molecule has 8 atom stereocenters. The van der Waals surface area contributed by atoms with Crippen molar-refractivity contribution in [2.45, 2.75) is 83.1 Å². The quantitative estimate of drug-likeness (QED) is 0.588. The molecule has 0 bridgehead atoms. The molecular weight excluding hydrogens is 379 g/mol. The third-order valence-electron chi connectivity index (χ3n) is 9.64. The third-order valence-corrected chi connectivity index (χ3v) is 9.64. The Bertz CT molecular complexity index is 743. The summed E-state index contributed by atoms with van der Waals surface area (Å²) in [5.74, 6) is 1.20. The number of nitrogens with zero attached hydrogens (tertiary/aromatic N) is 1. The van der Waals surface area contributed by atoms with Gasteiger partial charge in [-0.2, -0.15) is 18.4 Å². The molecule has 3 nitrogen and oxygen atoms in total. The maximum Gasteiger partial charge on any atom is 0.419 e. The van der Waals surface area contributed by atoms with Gasteiger partial charge >= 0.3 is 6.18 Å².